The lowest BCUT2D eigenvalue weighted by molar-refractivity contribution is -0.00000744. The van der Waals surface area contributed by atoms with Crippen molar-refractivity contribution in [1.29, 1.82) is 0 Å². The lowest BCUT2D eigenvalue weighted by Gasteiger charge is -2.38. The van der Waals surface area contributed by atoms with Crippen molar-refractivity contribution in [2.75, 3.05) is 33.4 Å². The third-order valence-electron chi connectivity index (χ3n) is 7.24. The van der Waals surface area contributed by atoms with Gasteiger partial charge in [-0.25, -0.2) is 0 Å². The average Bonchev–Trinajstić information content (AvgIpc) is 2.71. The Balaban J connectivity index is 0.00000450. The number of rotatable bonds is 15. The highest BCUT2D eigenvalue weighted by atomic mass is 127. The minimum atomic E-state index is -1.06. The van der Waals surface area contributed by atoms with E-state index in [2.05, 4.69) is 51.7 Å². The van der Waals surface area contributed by atoms with E-state index in [1.807, 2.05) is 0 Å². The van der Waals surface area contributed by atoms with Crippen LogP contribution >= 0.6 is 0 Å². The smallest absolute Gasteiger partial charge is 0.135 e. The fourth-order valence-electron chi connectivity index (χ4n) is 5.17. The van der Waals surface area contributed by atoms with Gasteiger partial charge in [0.15, 0.2) is 0 Å². The summed E-state index contributed by atoms with van der Waals surface area (Å²) in [5, 5.41) is 0. The highest BCUT2D eigenvalue weighted by Gasteiger charge is 2.31. The lowest BCUT2D eigenvalue weighted by atomic mass is 10.00. The summed E-state index contributed by atoms with van der Waals surface area (Å²) in [6.45, 7) is 11.6. The Bertz CT molecular complexity index is 572. The molecule has 0 bridgehead atoms. The topological polar surface area (TPSA) is 9.23 Å². The number of unbranched alkanes of at least 4 members (excludes halogenated alkanes) is 4. The van der Waals surface area contributed by atoms with Gasteiger partial charge in [-0.15, -0.1) is 0 Å². The number of halogens is 1. The van der Waals surface area contributed by atoms with Crippen molar-refractivity contribution in [2.24, 2.45) is 0 Å². The molecule has 0 spiro atoms. The Hall–Kier alpha value is 0.0869. The molecule has 30 heavy (non-hydrogen) atoms. The van der Waals surface area contributed by atoms with Gasteiger partial charge in [-0.2, -0.15) is 0 Å². The van der Waals surface area contributed by atoms with E-state index in [9.17, 15) is 0 Å². The summed E-state index contributed by atoms with van der Waals surface area (Å²) >= 11 is 0. The normalized spacial score (nSPS) is 18.7. The summed E-state index contributed by atoms with van der Waals surface area (Å²) in [7, 11) is 1.33. The second kappa shape index (κ2) is 15.0. The predicted octanol–water partition coefficient (Wildman–Crippen LogP) is 4.44. The number of benzene rings is 1. The van der Waals surface area contributed by atoms with Gasteiger partial charge in [0.1, 0.15) is 12.2 Å². The molecule has 1 unspecified atom stereocenters. The Morgan fingerprint density at radius 1 is 0.900 bits per heavy atom. The van der Waals surface area contributed by atoms with Crippen LogP contribution in [0.5, 0.6) is 0 Å². The minimum Gasteiger partial charge on any atom is -1.00 e. The largest absolute Gasteiger partial charge is 1.00 e. The van der Waals surface area contributed by atoms with Crippen LogP contribution in [0.4, 0.5) is 5.69 Å². The monoisotopic (exact) mass is 545 g/mol. The van der Waals surface area contributed by atoms with Gasteiger partial charge in [0.2, 0.25) is 0 Å². The molecule has 0 fully saturated rings. The number of fused-ring (bicyclic) bond motifs is 1. The van der Waals surface area contributed by atoms with Crippen molar-refractivity contribution in [3.8, 4) is 0 Å². The first-order valence-corrected chi connectivity index (χ1v) is 15.7. The van der Waals surface area contributed by atoms with Gasteiger partial charge in [0.05, 0.1) is 28.3 Å². The zero-order chi connectivity index (χ0) is 21.0. The molecule has 1 aromatic carbocycles. The SMILES string of the molecule is CCCCC[Si](C)(CCCCC)CCCOCC[N+]1(C)CCCc2ccccc21.[I-]. The molecule has 1 atom stereocenters. The molecule has 1 aliphatic heterocycles. The summed E-state index contributed by atoms with van der Waals surface area (Å²) in [6.07, 6.45) is 12.3. The van der Waals surface area contributed by atoms with E-state index in [4.69, 9.17) is 4.74 Å². The van der Waals surface area contributed by atoms with E-state index in [0.29, 0.717) is 0 Å². The molecular formula is C26H48INOSi. The first kappa shape index (κ1) is 28.1. The summed E-state index contributed by atoms with van der Waals surface area (Å²) in [4.78, 5) is 0. The van der Waals surface area contributed by atoms with E-state index in [-0.39, 0.29) is 24.0 Å². The zero-order valence-electron chi connectivity index (χ0n) is 20.4. The zero-order valence-corrected chi connectivity index (χ0v) is 23.5. The molecular weight excluding hydrogens is 497 g/mol. The van der Waals surface area contributed by atoms with Crippen LogP contribution in [0.3, 0.4) is 0 Å². The van der Waals surface area contributed by atoms with Crippen LogP contribution < -0.4 is 28.5 Å². The Morgan fingerprint density at radius 3 is 2.20 bits per heavy atom. The fraction of sp³-hybridized carbons (Fsp3) is 0.769. The van der Waals surface area contributed by atoms with Gasteiger partial charge in [-0.05, 0) is 18.9 Å². The standard InChI is InChI=1S/C26H48NOSi.HI/c1-5-7-11-22-29(4,23-12-8-6-2)24-14-20-28-21-19-27(3)18-13-16-25-15-9-10-17-26(25)27;/h9-10,15,17H,5-8,11-14,16,18-24H2,1-4H3;1H/q+1;/p-1. The van der Waals surface area contributed by atoms with Crippen molar-refractivity contribution in [1.82, 2.24) is 4.48 Å². The Kier molecular flexibility index (Phi) is 14.1. The van der Waals surface area contributed by atoms with Crippen LogP contribution in [0.25, 0.3) is 0 Å². The molecule has 1 aliphatic rings. The summed E-state index contributed by atoms with van der Waals surface area (Å²) in [6, 6.07) is 13.6. The molecule has 2 nitrogen and oxygen atoms in total. The second-order valence-electron chi connectivity index (χ2n) is 10.0. The summed E-state index contributed by atoms with van der Waals surface area (Å²) in [5.41, 5.74) is 3.07. The highest BCUT2D eigenvalue weighted by Crippen LogP contribution is 2.31. The van der Waals surface area contributed by atoms with E-state index < -0.39 is 8.07 Å². The number of para-hydroxylation sites is 1. The third-order valence-corrected chi connectivity index (χ3v) is 11.9. The van der Waals surface area contributed by atoms with Crippen LogP contribution in [-0.2, 0) is 11.2 Å². The van der Waals surface area contributed by atoms with Crippen LogP contribution in [0.2, 0.25) is 24.7 Å². The molecule has 174 valence electrons. The lowest BCUT2D eigenvalue weighted by Crippen LogP contribution is -3.00. The molecule has 0 aliphatic carbocycles. The Labute approximate surface area is 205 Å². The quantitative estimate of drug-likeness (QED) is 0.137. The maximum absolute atomic E-state index is 6.17. The average molecular weight is 546 g/mol. The van der Waals surface area contributed by atoms with Crippen LogP contribution in [0.15, 0.2) is 24.3 Å². The van der Waals surface area contributed by atoms with Crippen molar-refractivity contribution >= 4 is 13.8 Å². The second-order valence-corrected chi connectivity index (χ2v) is 15.1. The molecule has 0 saturated heterocycles. The molecule has 1 heterocycles. The number of aryl methyl sites for hydroxylation is 1. The van der Waals surface area contributed by atoms with E-state index in [1.54, 1.807) is 5.56 Å². The molecule has 0 N–H and O–H groups in total. The van der Waals surface area contributed by atoms with Crippen molar-refractivity contribution in [3.63, 3.8) is 0 Å². The van der Waals surface area contributed by atoms with E-state index >= 15 is 0 Å². The molecule has 4 heteroatoms. The molecule has 0 saturated carbocycles. The molecule has 0 radical (unpaired) electrons. The van der Waals surface area contributed by atoms with Gasteiger partial charge < -0.3 is 28.7 Å². The molecule has 1 aromatic rings. The van der Waals surface area contributed by atoms with E-state index in [0.717, 1.165) is 24.2 Å². The highest BCUT2D eigenvalue weighted by molar-refractivity contribution is 6.78. The van der Waals surface area contributed by atoms with Crippen molar-refractivity contribution in [2.45, 2.75) is 96.3 Å². The number of likely N-dealkylation sites (N-methyl/N-ethyl adjacent to an activating group) is 1. The number of quaternary nitrogens is 1. The number of ether oxygens (including phenoxy) is 1. The maximum atomic E-state index is 6.17. The summed E-state index contributed by atoms with van der Waals surface area (Å²) in [5.74, 6) is 0. The number of hydrogen-bond donors (Lipinski definition) is 0. The van der Waals surface area contributed by atoms with Gasteiger partial charge in [-0.1, -0.05) is 95.3 Å². The fourth-order valence-corrected chi connectivity index (χ4v) is 9.12. The summed E-state index contributed by atoms with van der Waals surface area (Å²) < 4.78 is 7.22. The molecule has 0 aromatic heterocycles. The molecule has 2 rings (SSSR count). The van der Waals surface area contributed by atoms with Gasteiger partial charge in [0, 0.05) is 18.6 Å². The van der Waals surface area contributed by atoms with Crippen LogP contribution in [0, 0.1) is 0 Å². The minimum absolute atomic E-state index is 0. The van der Waals surface area contributed by atoms with Gasteiger partial charge in [0.25, 0.3) is 0 Å². The third kappa shape index (κ3) is 9.29. The van der Waals surface area contributed by atoms with Crippen LogP contribution in [-0.4, -0.2) is 41.4 Å². The van der Waals surface area contributed by atoms with Crippen molar-refractivity contribution < 1.29 is 28.7 Å². The first-order chi connectivity index (χ1) is 14.0. The van der Waals surface area contributed by atoms with Gasteiger partial charge >= 0.3 is 0 Å². The predicted molar refractivity (Wildman–Crippen MR) is 133 cm³/mol. The van der Waals surface area contributed by atoms with Crippen LogP contribution in [0.1, 0.15) is 70.8 Å². The van der Waals surface area contributed by atoms with E-state index in [1.165, 1.54) is 88.2 Å². The number of hydrogen-bond acceptors (Lipinski definition) is 1. The number of nitrogens with zero attached hydrogens (tertiary/aromatic N) is 1. The van der Waals surface area contributed by atoms with Gasteiger partial charge in [-0.3, -0.25) is 4.48 Å². The maximum Gasteiger partial charge on any atom is 0.135 e. The first-order valence-electron chi connectivity index (χ1n) is 12.5. The Morgan fingerprint density at radius 2 is 1.53 bits per heavy atom. The molecule has 0 amide bonds. The van der Waals surface area contributed by atoms with Crippen molar-refractivity contribution in [3.05, 3.63) is 29.8 Å².